The van der Waals surface area contributed by atoms with E-state index in [1.54, 1.807) is 0 Å². The van der Waals surface area contributed by atoms with Crippen LogP contribution in [0.2, 0.25) is 0 Å². The molecule has 0 amide bonds. The van der Waals surface area contributed by atoms with Crippen molar-refractivity contribution < 1.29 is 5.11 Å². The summed E-state index contributed by atoms with van der Waals surface area (Å²) in [6.07, 6.45) is 1.98. The Morgan fingerprint density at radius 1 is 1.45 bits per heavy atom. The normalized spacial score (nSPS) is 32.7. The molecule has 1 rings (SSSR count). The van der Waals surface area contributed by atoms with Crippen molar-refractivity contribution in [1.82, 2.24) is 5.32 Å². The number of nitrogens with one attached hydrogen (secondary N) is 1. The van der Waals surface area contributed by atoms with E-state index >= 15 is 0 Å². The molecular formula is C9H19NO. The third kappa shape index (κ3) is 2.80. The molecule has 0 aliphatic carbocycles. The first-order chi connectivity index (χ1) is 4.99. The van der Waals surface area contributed by atoms with E-state index in [4.69, 9.17) is 0 Å². The van der Waals surface area contributed by atoms with E-state index in [0.29, 0.717) is 11.3 Å². The van der Waals surface area contributed by atoms with Gasteiger partial charge in [0, 0.05) is 0 Å². The summed E-state index contributed by atoms with van der Waals surface area (Å²) in [6, 6.07) is 0. The average Bonchev–Trinajstić information content (AvgIpc) is 2.12. The molecule has 1 saturated heterocycles. The minimum Gasteiger partial charge on any atom is -0.378 e. The highest BCUT2D eigenvalue weighted by Gasteiger charge is 2.28. The van der Waals surface area contributed by atoms with Crippen molar-refractivity contribution in [2.45, 2.75) is 39.8 Å². The Morgan fingerprint density at radius 3 is 2.45 bits per heavy atom. The summed E-state index contributed by atoms with van der Waals surface area (Å²) in [5.41, 5.74) is 0.345. The molecule has 0 saturated carbocycles. The first-order valence-corrected chi connectivity index (χ1v) is 4.40. The van der Waals surface area contributed by atoms with Crippen LogP contribution in [0, 0.1) is 11.3 Å². The van der Waals surface area contributed by atoms with Gasteiger partial charge in [-0.1, -0.05) is 20.8 Å². The molecule has 2 heteroatoms. The van der Waals surface area contributed by atoms with Gasteiger partial charge in [-0.15, -0.1) is 0 Å². The minimum absolute atomic E-state index is 0.255. The van der Waals surface area contributed by atoms with Crippen LogP contribution < -0.4 is 5.32 Å². The second-order valence-electron chi connectivity index (χ2n) is 4.71. The largest absolute Gasteiger partial charge is 0.378 e. The van der Waals surface area contributed by atoms with Crippen LogP contribution in [0.3, 0.4) is 0 Å². The molecule has 1 aliphatic heterocycles. The van der Waals surface area contributed by atoms with Crippen LogP contribution >= 0.6 is 0 Å². The fourth-order valence-electron chi connectivity index (χ4n) is 1.74. The summed E-state index contributed by atoms with van der Waals surface area (Å²) in [6.45, 7) is 7.63. The summed E-state index contributed by atoms with van der Waals surface area (Å²) in [7, 11) is 0. The Hall–Kier alpha value is -0.0800. The molecule has 2 unspecified atom stereocenters. The standard InChI is InChI=1S/C9H19NO/c1-9(2,3)6-7-4-5-10-8(7)11/h7-8,10-11H,4-6H2,1-3H3. The van der Waals surface area contributed by atoms with Crippen LogP contribution in [0.25, 0.3) is 0 Å². The van der Waals surface area contributed by atoms with E-state index in [9.17, 15) is 5.11 Å². The molecule has 2 N–H and O–H groups in total. The van der Waals surface area contributed by atoms with Crippen molar-refractivity contribution in [3.8, 4) is 0 Å². The zero-order valence-corrected chi connectivity index (χ0v) is 7.72. The lowest BCUT2D eigenvalue weighted by atomic mass is 9.84. The molecule has 66 valence electrons. The second kappa shape index (κ2) is 3.11. The fourth-order valence-corrected chi connectivity index (χ4v) is 1.74. The molecule has 11 heavy (non-hydrogen) atoms. The highest BCUT2D eigenvalue weighted by Crippen LogP contribution is 2.29. The van der Waals surface area contributed by atoms with Gasteiger partial charge in [0.05, 0.1) is 0 Å². The van der Waals surface area contributed by atoms with Gasteiger partial charge >= 0.3 is 0 Å². The van der Waals surface area contributed by atoms with Gasteiger partial charge in [-0.05, 0) is 30.7 Å². The lowest BCUT2D eigenvalue weighted by Crippen LogP contribution is -2.28. The maximum atomic E-state index is 9.44. The van der Waals surface area contributed by atoms with E-state index in [2.05, 4.69) is 26.1 Å². The lowest BCUT2D eigenvalue weighted by molar-refractivity contribution is 0.0891. The molecular weight excluding hydrogens is 138 g/mol. The number of aliphatic hydroxyl groups excluding tert-OH is 1. The Bertz CT molecular complexity index is 128. The van der Waals surface area contributed by atoms with Crippen molar-refractivity contribution >= 4 is 0 Å². The SMILES string of the molecule is CC(C)(C)CC1CCNC1O. The molecule has 1 heterocycles. The lowest BCUT2D eigenvalue weighted by Gasteiger charge is -2.24. The highest BCUT2D eigenvalue weighted by atomic mass is 16.3. The summed E-state index contributed by atoms with van der Waals surface area (Å²) < 4.78 is 0. The van der Waals surface area contributed by atoms with Gasteiger partial charge in [0.25, 0.3) is 0 Å². The minimum atomic E-state index is -0.255. The summed E-state index contributed by atoms with van der Waals surface area (Å²) in [5, 5.41) is 12.5. The van der Waals surface area contributed by atoms with E-state index in [-0.39, 0.29) is 6.23 Å². The zero-order valence-electron chi connectivity index (χ0n) is 7.72. The van der Waals surface area contributed by atoms with E-state index < -0.39 is 0 Å². The summed E-state index contributed by atoms with van der Waals surface area (Å²) >= 11 is 0. The molecule has 1 fully saturated rings. The van der Waals surface area contributed by atoms with Crippen molar-refractivity contribution in [3.05, 3.63) is 0 Å². The maximum Gasteiger partial charge on any atom is 0.107 e. The average molecular weight is 157 g/mol. The van der Waals surface area contributed by atoms with Gasteiger partial charge in [-0.25, -0.2) is 0 Å². The third-order valence-electron chi connectivity index (χ3n) is 2.19. The third-order valence-corrected chi connectivity index (χ3v) is 2.19. The van der Waals surface area contributed by atoms with Crippen LogP contribution in [0.15, 0.2) is 0 Å². The van der Waals surface area contributed by atoms with Gasteiger partial charge in [0.1, 0.15) is 6.23 Å². The quantitative estimate of drug-likeness (QED) is 0.602. The molecule has 1 aliphatic rings. The van der Waals surface area contributed by atoms with Crippen LogP contribution in [-0.2, 0) is 0 Å². The first kappa shape index (κ1) is 9.01. The van der Waals surface area contributed by atoms with Crippen molar-refractivity contribution in [2.24, 2.45) is 11.3 Å². The number of aliphatic hydroxyl groups is 1. The Labute approximate surface area is 69.0 Å². The number of hydrogen-bond donors (Lipinski definition) is 2. The molecule has 0 aromatic carbocycles. The van der Waals surface area contributed by atoms with E-state index in [1.165, 1.54) is 0 Å². The predicted molar refractivity (Wildman–Crippen MR) is 46.2 cm³/mol. The molecule has 2 nitrogen and oxygen atoms in total. The topological polar surface area (TPSA) is 32.3 Å². The van der Waals surface area contributed by atoms with Crippen LogP contribution in [-0.4, -0.2) is 17.9 Å². The molecule has 0 aromatic rings. The summed E-state index contributed by atoms with van der Waals surface area (Å²) in [5.74, 6) is 0.468. The fraction of sp³-hybridized carbons (Fsp3) is 1.00. The molecule has 2 atom stereocenters. The number of rotatable bonds is 1. The van der Waals surface area contributed by atoms with Gasteiger partial charge in [-0.3, -0.25) is 5.32 Å². The van der Waals surface area contributed by atoms with E-state index in [0.717, 1.165) is 19.4 Å². The van der Waals surface area contributed by atoms with Crippen LogP contribution in [0.4, 0.5) is 0 Å². The van der Waals surface area contributed by atoms with Gasteiger partial charge in [-0.2, -0.15) is 0 Å². The van der Waals surface area contributed by atoms with Gasteiger partial charge in [0.15, 0.2) is 0 Å². The zero-order chi connectivity index (χ0) is 8.48. The molecule has 0 bridgehead atoms. The molecule has 0 aromatic heterocycles. The first-order valence-electron chi connectivity index (χ1n) is 4.40. The number of hydrogen-bond acceptors (Lipinski definition) is 2. The van der Waals surface area contributed by atoms with Crippen LogP contribution in [0.1, 0.15) is 33.6 Å². The Morgan fingerprint density at radius 2 is 2.09 bits per heavy atom. The van der Waals surface area contributed by atoms with Crippen LogP contribution in [0.5, 0.6) is 0 Å². The van der Waals surface area contributed by atoms with Crippen molar-refractivity contribution in [2.75, 3.05) is 6.54 Å². The smallest absolute Gasteiger partial charge is 0.107 e. The van der Waals surface area contributed by atoms with Crippen molar-refractivity contribution in [3.63, 3.8) is 0 Å². The van der Waals surface area contributed by atoms with E-state index in [1.807, 2.05) is 0 Å². The van der Waals surface area contributed by atoms with Gasteiger partial charge < -0.3 is 5.11 Å². The Balaban J connectivity index is 2.37. The van der Waals surface area contributed by atoms with Gasteiger partial charge in [0.2, 0.25) is 0 Å². The summed E-state index contributed by atoms with van der Waals surface area (Å²) in [4.78, 5) is 0. The van der Waals surface area contributed by atoms with Crippen molar-refractivity contribution in [1.29, 1.82) is 0 Å². The Kier molecular flexibility index (Phi) is 2.55. The highest BCUT2D eigenvalue weighted by molar-refractivity contribution is 4.79. The second-order valence-corrected chi connectivity index (χ2v) is 4.71. The maximum absolute atomic E-state index is 9.44. The molecule has 0 spiro atoms. The molecule has 0 radical (unpaired) electrons. The monoisotopic (exact) mass is 157 g/mol. The predicted octanol–water partition coefficient (Wildman–Crippen LogP) is 1.35.